The molecule has 2 aromatic heterocycles. The molecule has 0 saturated carbocycles. The van der Waals surface area contributed by atoms with E-state index in [9.17, 15) is 4.79 Å². The quantitative estimate of drug-likeness (QED) is 0.714. The lowest BCUT2D eigenvalue weighted by Gasteiger charge is -1.96. The number of hydrogen-bond acceptors (Lipinski definition) is 5. The molecule has 17 heavy (non-hydrogen) atoms. The Labute approximate surface area is 104 Å². The minimum atomic E-state index is -0.405. The third-order valence-corrected chi connectivity index (χ3v) is 3.31. The second kappa shape index (κ2) is 3.97. The van der Waals surface area contributed by atoms with E-state index in [2.05, 4.69) is 10.2 Å². The normalized spacial score (nSPS) is 11.1. The van der Waals surface area contributed by atoms with E-state index in [1.165, 1.54) is 15.9 Å². The Bertz CT molecular complexity index is 730. The van der Waals surface area contributed by atoms with E-state index in [1.54, 1.807) is 6.07 Å². The summed E-state index contributed by atoms with van der Waals surface area (Å²) in [5.74, 6) is -0.405. The highest BCUT2D eigenvalue weighted by Gasteiger charge is 2.11. The van der Waals surface area contributed by atoms with Crippen LogP contribution in [0.3, 0.4) is 0 Å². The van der Waals surface area contributed by atoms with Crippen LogP contribution in [0.1, 0.15) is 5.01 Å². The van der Waals surface area contributed by atoms with Crippen LogP contribution in [0.15, 0.2) is 33.5 Å². The van der Waals surface area contributed by atoms with E-state index in [0.29, 0.717) is 21.6 Å². The highest BCUT2D eigenvalue weighted by Crippen LogP contribution is 2.18. The Balaban J connectivity index is 2.11. The topological polar surface area (TPSA) is 60.9 Å². The number of fused-ring (bicyclic) bond motifs is 1. The summed E-state index contributed by atoms with van der Waals surface area (Å²) in [6.07, 6.45) is 0. The molecule has 0 radical (unpaired) electrons. The zero-order valence-electron chi connectivity index (χ0n) is 8.46. The standard InChI is InChI=1S/C10H6ClN3O2S/c11-9-13-12-8(17-9)5-14-6-3-1-2-4-7(6)16-10(14)15/h1-4H,5H2. The summed E-state index contributed by atoms with van der Waals surface area (Å²) in [6, 6.07) is 7.24. The van der Waals surface area contributed by atoms with Crippen LogP contribution >= 0.6 is 22.9 Å². The van der Waals surface area contributed by atoms with Gasteiger partial charge >= 0.3 is 5.76 Å². The average Bonchev–Trinajstić information content (AvgIpc) is 2.85. The second-order valence-electron chi connectivity index (χ2n) is 3.37. The zero-order valence-corrected chi connectivity index (χ0v) is 10.0. The molecule has 7 heteroatoms. The molecule has 3 aromatic rings. The highest BCUT2D eigenvalue weighted by atomic mass is 35.5. The molecule has 0 bridgehead atoms. The maximum absolute atomic E-state index is 11.7. The van der Waals surface area contributed by atoms with Crippen LogP contribution < -0.4 is 5.76 Å². The van der Waals surface area contributed by atoms with Gasteiger partial charge in [-0.3, -0.25) is 4.57 Å². The third kappa shape index (κ3) is 1.85. The van der Waals surface area contributed by atoms with Gasteiger partial charge in [0, 0.05) is 0 Å². The molecule has 0 amide bonds. The summed E-state index contributed by atoms with van der Waals surface area (Å²) >= 11 is 6.94. The van der Waals surface area contributed by atoms with Crippen molar-refractivity contribution in [1.82, 2.24) is 14.8 Å². The number of hydrogen-bond donors (Lipinski definition) is 0. The van der Waals surface area contributed by atoms with Gasteiger partial charge in [-0.1, -0.05) is 23.5 Å². The fourth-order valence-corrected chi connectivity index (χ4v) is 2.45. The van der Waals surface area contributed by atoms with Crippen molar-refractivity contribution in [2.24, 2.45) is 0 Å². The van der Waals surface area contributed by atoms with Crippen molar-refractivity contribution >= 4 is 34.0 Å². The number of rotatable bonds is 2. The van der Waals surface area contributed by atoms with E-state index in [1.807, 2.05) is 18.2 Å². The Morgan fingerprint density at radius 2 is 2.18 bits per heavy atom. The lowest BCUT2D eigenvalue weighted by molar-refractivity contribution is 0.517. The molecule has 0 unspecified atom stereocenters. The smallest absolute Gasteiger partial charge is 0.408 e. The molecule has 0 aliphatic heterocycles. The van der Waals surface area contributed by atoms with Gasteiger partial charge in [-0.05, 0) is 23.7 Å². The van der Waals surface area contributed by atoms with Crippen molar-refractivity contribution < 1.29 is 4.42 Å². The van der Waals surface area contributed by atoms with E-state index in [4.69, 9.17) is 16.0 Å². The molecule has 1 aromatic carbocycles. The van der Waals surface area contributed by atoms with Crippen molar-refractivity contribution in [2.45, 2.75) is 6.54 Å². The van der Waals surface area contributed by atoms with Crippen molar-refractivity contribution in [3.63, 3.8) is 0 Å². The first-order valence-corrected chi connectivity index (χ1v) is 6.00. The van der Waals surface area contributed by atoms with Gasteiger partial charge in [-0.2, -0.15) is 0 Å². The van der Waals surface area contributed by atoms with Gasteiger partial charge in [0.2, 0.25) is 4.47 Å². The third-order valence-electron chi connectivity index (χ3n) is 2.31. The number of nitrogens with zero attached hydrogens (tertiary/aromatic N) is 3. The summed E-state index contributed by atoms with van der Waals surface area (Å²) < 4.78 is 6.98. The molecule has 0 atom stereocenters. The molecule has 0 aliphatic rings. The van der Waals surface area contributed by atoms with Crippen molar-refractivity contribution in [3.8, 4) is 0 Å². The van der Waals surface area contributed by atoms with Crippen LogP contribution in [-0.2, 0) is 6.54 Å². The van der Waals surface area contributed by atoms with Crippen LogP contribution in [0.2, 0.25) is 4.47 Å². The van der Waals surface area contributed by atoms with Crippen LogP contribution in [0.25, 0.3) is 11.1 Å². The largest absolute Gasteiger partial charge is 0.420 e. The van der Waals surface area contributed by atoms with E-state index in [-0.39, 0.29) is 0 Å². The minimum absolute atomic E-state index is 0.320. The summed E-state index contributed by atoms with van der Waals surface area (Å²) in [5, 5.41) is 8.24. The van der Waals surface area contributed by atoms with Gasteiger partial charge in [0.25, 0.3) is 0 Å². The van der Waals surface area contributed by atoms with Crippen LogP contribution in [-0.4, -0.2) is 14.8 Å². The molecule has 2 heterocycles. The first kappa shape index (κ1) is 10.5. The first-order valence-electron chi connectivity index (χ1n) is 4.80. The van der Waals surface area contributed by atoms with Gasteiger partial charge in [0.1, 0.15) is 5.01 Å². The molecule has 0 aliphatic carbocycles. The van der Waals surface area contributed by atoms with E-state index < -0.39 is 5.76 Å². The van der Waals surface area contributed by atoms with Gasteiger partial charge in [-0.15, -0.1) is 10.2 Å². The molecule has 5 nitrogen and oxygen atoms in total. The summed E-state index contributed by atoms with van der Waals surface area (Å²) in [6.45, 7) is 0.320. The molecular formula is C10H6ClN3O2S. The lowest BCUT2D eigenvalue weighted by Crippen LogP contribution is -2.14. The van der Waals surface area contributed by atoms with Gasteiger partial charge in [0.05, 0.1) is 12.1 Å². The van der Waals surface area contributed by atoms with Gasteiger partial charge in [-0.25, -0.2) is 4.79 Å². The van der Waals surface area contributed by atoms with Crippen LogP contribution in [0, 0.1) is 0 Å². The van der Waals surface area contributed by atoms with Crippen molar-refractivity contribution in [2.75, 3.05) is 0 Å². The summed E-state index contributed by atoms with van der Waals surface area (Å²) in [4.78, 5) is 11.7. The van der Waals surface area contributed by atoms with E-state index in [0.717, 1.165) is 5.52 Å². The molecule has 3 rings (SSSR count). The summed E-state index contributed by atoms with van der Waals surface area (Å²) in [7, 11) is 0. The van der Waals surface area contributed by atoms with Crippen LogP contribution in [0.5, 0.6) is 0 Å². The first-order chi connectivity index (χ1) is 8.24. The molecular weight excluding hydrogens is 262 g/mol. The number of oxazole rings is 1. The maximum atomic E-state index is 11.7. The predicted octanol–water partition coefficient (Wildman–Crippen LogP) is 2.15. The molecule has 0 N–H and O–H groups in total. The second-order valence-corrected chi connectivity index (χ2v) is 5.01. The number of aromatic nitrogens is 3. The fraction of sp³-hybridized carbons (Fsp3) is 0.100. The van der Waals surface area contributed by atoms with Crippen molar-refractivity contribution in [3.05, 3.63) is 44.3 Å². The number of benzene rings is 1. The van der Waals surface area contributed by atoms with Gasteiger partial charge < -0.3 is 4.42 Å². The molecule has 0 fully saturated rings. The van der Waals surface area contributed by atoms with Crippen molar-refractivity contribution in [1.29, 1.82) is 0 Å². The monoisotopic (exact) mass is 267 g/mol. The summed E-state index contributed by atoms with van der Waals surface area (Å²) in [5.41, 5.74) is 1.30. The number of para-hydroxylation sites is 2. The Hall–Kier alpha value is -1.66. The fourth-order valence-electron chi connectivity index (χ4n) is 1.60. The Morgan fingerprint density at radius 1 is 1.35 bits per heavy atom. The average molecular weight is 268 g/mol. The number of halogens is 1. The van der Waals surface area contributed by atoms with E-state index >= 15 is 0 Å². The SMILES string of the molecule is O=c1oc2ccccc2n1Cc1nnc(Cl)s1. The maximum Gasteiger partial charge on any atom is 0.420 e. The lowest BCUT2D eigenvalue weighted by atomic mass is 10.3. The highest BCUT2D eigenvalue weighted by molar-refractivity contribution is 7.15. The Morgan fingerprint density at radius 3 is 2.94 bits per heavy atom. The van der Waals surface area contributed by atoms with Gasteiger partial charge in [0.15, 0.2) is 5.58 Å². The predicted molar refractivity (Wildman–Crippen MR) is 64.5 cm³/mol. The van der Waals surface area contributed by atoms with Crippen LogP contribution in [0.4, 0.5) is 0 Å². The molecule has 86 valence electrons. The molecule has 0 spiro atoms. The minimum Gasteiger partial charge on any atom is -0.408 e. The molecule has 0 saturated heterocycles. The Kier molecular flexibility index (Phi) is 2.45. The zero-order chi connectivity index (χ0) is 11.8.